The van der Waals surface area contributed by atoms with Gasteiger partial charge < -0.3 is 16.6 Å². The quantitative estimate of drug-likeness (QED) is 0.512. The molecule has 0 aliphatic carbocycles. The Morgan fingerprint density at radius 1 is 0.636 bits per heavy atom. The maximum atomic E-state index is 11.6. The Bertz CT molecular complexity index is 730. The van der Waals surface area contributed by atoms with Crippen LogP contribution in [0.5, 0.6) is 0 Å². The fraction of sp³-hybridized carbons (Fsp3) is 0.0526. The van der Waals surface area contributed by atoms with Gasteiger partial charge in [0, 0.05) is 5.56 Å². The zero-order valence-corrected chi connectivity index (χ0v) is 12.1. The van der Waals surface area contributed by atoms with Gasteiger partial charge in [0.1, 0.15) is 5.60 Å². The van der Waals surface area contributed by atoms with Crippen molar-refractivity contribution >= 4 is 11.4 Å². The molecule has 3 nitrogen and oxygen atoms in total. The number of aliphatic hydroxyl groups is 1. The Morgan fingerprint density at radius 2 is 1.14 bits per heavy atom. The molecule has 0 heterocycles. The third-order valence-corrected chi connectivity index (χ3v) is 3.91. The molecule has 22 heavy (non-hydrogen) atoms. The van der Waals surface area contributed by atoms with Gasteiger partial charge in [-0.1, -0.05) is 72.8 Å². The molecule has 3 rings (SSSR count). The van der Waals surface area contributed by atoms with Crippen molar-refractivity contribution in [2.45, 2.75) is 5.60 Å². The lowest BCUT2D eigenvalue weighted by Crippen LogP contribution is -2.30. The second-order valence-electron chi connectivity index (χ2n) is 5.25. The summed E-state index contributed by atoms with van der Waals surface area (Å²) in [7, 11) is 0. The second kappa shape index (κ2) is 5.54. The molecule has 3 heteroatoms. The lowest BCUT2D eigenvalue weighted by Gasteiger charge is -2.31. The van der Waals surface area contributed by atoms with Gasteiger partial charge in [-0.3, -0.25) is 0 Å². The minimum atomic E-state index is -1.35. The number of nitrogen functional groups attached to an aromatic ring is 2. The summed E-state index contributed by atoms with van der Waals surface area (Å²) < 4.78 is 0. The topological polar surface area (TPSA) is 72.3 Å². The predicted octanol–water partition coefficient (Wildman–Crippen LogP) is 3.14. The van der Waals surface area contributed by atoms with Gasteiger partial charge in [0.25, 0.3) is 0 Å². The van der Waals surface area contributed by atoms with Gasteiger partial charge >= 0.3 is 0 Å². The first-order chi connectivity index (χ1) is 10.6. The Balaban J connectivity index is 2.31. The molecular weight excluding hydrogens is 272 g/mol. The van der Waals surface area contributed by atoms with Gasteiger partial charge in [0.05, 0.1) is 11.4 Å². The molecule has 0 radical (unpaired) electrons. The van der Waals surface area contributed by atoms with E-state index >= 15 is 0 Å². The van der Waals surface area contributed by atoms with Crippen molar-refractivity contribution < 1.29 is 5.11 Å². The lowest BCUT2D eigenvalue weighted by molar-refractivity contribution is 0.126. The number of hydrogen-bond acceptors (Lipinski definition) is 3. The number of hydrogen-bond donors (Lipinski definition) is 3. The van der Waals surface area contributed by atoms with Gasteiger partial charge in [-0.25, -0.2) is 0 Å². The van der Waals surface area contributed by atoms with Gasteiger partial charge in [-0.15, -0.1) is 0 Å². The summed E-state index contributed by atoms with van der Waals surface area (Å²) in [6.45, 7) is 0. The highest BCUT2D eigenvalue weighted by atomic mass is 16.3. The maximum absolute atomic E-state index is 11.6. The number of rotatable bonds is 3. The van der Waals surface area contributed by atoms with E-state index in [1.807, 2.05) is 66.7 Å². The molecule has 0 aliphatic heterocycles. The first-order valence-corrected chi connectivity index (χ1v) is 7.12. The van der Waals surface area contributed by atoms with Gasteiger partial charge in [0.2, 0.25) is 0 Å². The van der Waals surface area contributed by atoms with Crippen LogP contribution in [0.15, 0.2) is 78.9 Å². The van der Waals surface area contributed by atoms with Crippen LogP contribution in [-0.2, 0) is 5.60 Å². The van der Waals surface area contributed by atoms with Crippen LogP contribution in [0.1, 0.15) is 16.7 Å². The van der Waals surface area contributed by atoms with Gasteiger partial charge in [-0.2, -0.15) is 0 Å². The summed E-state index contributed by atoms with van der Waals surface area (Å²) in [6.07, 6.45) is 0. The minimum absolute atomic E-state index is 0.401. The van der Waals surface area contributed by atoms with E-state index in [-0.39, 0.29) is 0 Å². The largest absolute Gasteiger partial charge is 0.397 e. The molecular formula is C19H18N2O. The number of anilines is 2. The van der Waals surface area contributed by atoms with Crippen molar-refractivity contribution in [2.75, 3.05) is 11.5 Å². The SMILES string of the molecule is Nc1cccc(C(O)(c2ccccc2)c2ccccc2)c1N. The zero-order chi connectivity index (χ0) is 15.6. The van der Waals surface area contributed by atoms with Crippen LogP contribution in [0.25, 0.3) is 0 Å². The summed E-state index contributed by atoms with van der Waals surface area (Å²) >= 11 is 0. The number of benzene rings is 3. The third kappa shape index (κ3) is 2.22. The van der Waals surface area contributed by atoms with Gasteiger partial charge in [0.15, 0.2) is 0 Å². The standard InChI is InChI=1S/C19H18N2O/c20-17-13-7-12-16(18(17)21)19(22,14-8-3-1-4-9-14)15-10-5-2-6-11-15/h1-13,22H,20-21H2. The third-order valence-electron chi connectivity index (χ3n) is 3.91. The Morgan fingerprint density at radius 3 is 1.64 bits per heavy atom. The second-order valence-corrected chi connectivity index (χ2v) is 5.25. The molecule has 0 unspecified atom stereocenters. The van der Waals surface area contributed by atoms with Crippen molar-refractivity contribution in [3.63, 3.8) is 0 Å². The molecule has 0 atom stereocenters. The van der Waals surface area contributed by atoms with E-state index in [1.165, 1.54) is 0 Å². The fourth-order valence-electron chi connectivity index (χ4n) is 2.73. The van der Waals surface area contributed by atoms with Crippen LogP contribution in [-0.4, -0.2) is 5.11 Å². The molecule has 3 aromatic carbocycles. The van der Waals surface area contributed by atoms with E-state index in [0.29, 0.717) is 16.9 Å². The van der Waals surface area contributed by atoms with Crippen molar-refractivity contribution in [3.8, 4) is 0 Å². The van der Waals surface area contributed by atoms with Crippen LogP contribution in [0, 0.1) is 0 Å². The molecule has 0 fully saturated rings. The number of nitrogens with two attached hydrogens (primary N) is 2. The normalized spacial score (nSPS) is 11.3. The van der Waals surface area contributed by atoms with E-state index in [1.54, 1.807) is 12.1 Å². The molecule has 5 N–H and O–H groups in total. The van der Waals surface area contributed by atoms with Crippen molar-refractivity contribution in [1.29, 1.82) is 0 Å². The van der Waals surface area contributed by atoms with Gasteiger partial charge in [-0.05, 0) is 17.2 Å². The molecule has 0 amide bonds. The average molecular weight is 290 g/mol. The smallest absolute Gasteiger partial charge is 0.142 e. The highest BCUT2D eigenvalue weighted by Gasteiger charge is 2.35. The summed E-state index contributed by atoms with van der Waals surface area (Å²) in [5.74, 6) is 0. The summed E-state index contributed by atoms with van der Waals surface area (Å²) in [4.78, 5) is 0. The fourth-order valence-corrected chi connectivity index (χ4v) is 2.73. The number of para-hydroxylation sites is 1. The first kappa shape index (κ1) is 14.2. The molecule has 0 bridgehead atoms. The minimum Gasteiger partial charge on any atom is -0.397 e. The summed E-state index contributed by atoms with van der Waals surface area (Å²) in [5, 5.41) is 11.6. The first-order valence-electron chi connectivity index (χ1n) is 7.12. The van der Waals surface area contributed by atoms with Crippen molar-refractivity contribution in [3.05, 3.63) is 95.6 Å². The van der Waals surface area contributed by atoms with Crippen molar-refractivity contribution in [2.24, 2.45) is 0 Å². The molecule has 0 saturated heterocycles. The van der Waals surface area contributed by atoms with Crippen LogP contribution < -0.4 is 11.5 Å². The maximum Gasteiger partial charge on any atom is 0.142 e. The highest BCUT2D eigenvalue weighted by Crippen LogP contribution is 2.40. The lowest BCUT2D eigenvalue weighted by atomic mass is 9.79. The van der Waals surface area contributed by atoms with Crippen LogP contribution in [0.4, 0.5) is 11.4 Å². The van der Waals surface area contributed by atoms with E-state index in [2.05, 4.69) is 0 Å². The Kier molecular flexibility index (Phi) is 3.57. The van der Waals surface area contributed by atoms with Crippen molar-refractivity contribution in [1.82, 2.24) is 0 Å². The van der Waals surface area contributed by atoms with E-state index in [0.717, 1.165) is 11.1 Å². The monoisotopic (exact) mass is 290 g/mol. The molecule has 0 spiro atoms. The zero-order valence-electron chi connectivity index (χ0n) is 12.1. The van der Waals surface area contributed by atoms with E-state index in [4.69, 9.17) is 11.5 Å². The van der Waals surface area contributed by atoms with Crippen LogP contribution in [0.3, 0.4) is 0 Å². The molecule has 3 aromatic rings. The van der Waals surface area contributed by atoms with Crippen LogP contribution >= 0.6 is 0 Å². The Labute approximate surface area is 129 Å². The van der Waals surface area contributed by atoms with E-state index < -0.39 is 5.60 Å². The van der Waals surface area contributed by atoms with E-state index in [9.17, 15) is 5.11 Å². The highest BCUT2D eigenvalue weighted by molar-refractivity contribution is 5.71. The Hall–Kier alpha value is -2.78. The molecule has 0 aliphatic rings. The average Bonchev–Trinajstić information content (AvgIpc) is 2.58. The van der Waals surface area contributed by atoms with Crippen LogP contribution in [0.2, 0.25) is 0 Å². The predicted molar refractivity (Wildman–Crippen MR) is 90.3 cm³/mol. The summed E-state index contributed by atoms with van der Waals surface area (Å²) in [5.41, 5.74) is 13.7. The molecule has 0 saturated carbocycles. The summed E-state index contributed by atoms with van der Waals surface area (Å²) in [6, 6.07) is 24.3. The molecule has 0 aromatic heterocycles. The molecule has 110 valence electrons.